The van der Waals surface area contributed by atoms with E-state index in [-0.39, 0.29) is 25.9 Å². The highest BCUT2D eigenvalue weighted by Gasteiger charge is 2.44. The summed E-state index contributed by atoms with van der Waals surface area (Å²) in [4.78, 5) is 27.6. The van der Waals surface area contributed by atoms with Crippen LogP contribution in [-0.4, -0.2) is 49.0 Å². The minimum Gasteiger partial charge on any atom is -0.497 e. The lowest BCUT2D eigenvalue weighted by molar-refractivity contribution is -0.144. The number of rotatable bonds is 5. The van der Waals surface area contributed by atoms with Crippen molar-refractivity contribution in [3.8, 4) is 17.2 Å². The SMILES string of the molecule is COc1ccc([C@H]2CN(C(=O)Nc3ccccc3)CC(c3ccc4c(c3)OCO4)[C@@H]2C(=O)O)cc1. The number of methoxy groups -OCH3 is 1. The number of amides is 2. The first kappa shape index (κ1) is 22.6. The van der Waals surface area contributed by atoms with Crippen molar-refractivity contribution in [1.29, 1.82) is 0 Å². The van der Waals surface area contributed by atoms with E-state index in [0.29, 0.717) is 22.9 Å². The van der Waals surface area contributed by atoms with Crippen molar-refractivity contribution in [2.24, 2.45) is 5.92 Å². The second-order valence-electron chi connectivity index (χ2n) is 8.66. The van der Waals surface area contributed by atoms with Gasteiger partial charge in [0.15, 0.2) is 11.5 Å². The van der Waals surface area contributed by atoms with Gasteiger partial charge in [0.2, 0.25) is 6.79 Å². The summed E-state index contributed by atoms with van der Waals surface area (Å²) in [5, 5.41) is 13.3. The number of likely N-dealkylation sites (tertiary alicyclic amines) is 1. The third-order valence-corrected chi connectivity index (χ3v) is 6.67. The molecule has 2 amide bonds. The number of aliphatic carboxylic acids is 1. The molecule has 3 atom stereocenters. The molecule has 0 aliphatic carbocycles. The Labute approximate surface area is 203 Å². The van der Waals surface area contributed by atoms with Gasteiger partial charge in [0.1, 0.15) is 5.75 Å². The van der Waals surface area contributed by atoms with Crippen molar-refractivity contribution >= 4 is 17.7 Å². The number of benzene rings is 3. The summed E-state index contributed by atoms with van der Waals surface area (Å²) in [5.41, 5.74) is 2.30. The summed E-state index contributed by atoms with van der Waals surface area (Å²) in [6, 6.07) is 21.8. The van der Waals surface area contributed by atoms with Crippen molar-refractivity contribution in [1.82, 2.24) is 4.90 Å². The van der Waals surface area contributed by atoms with Gasteiger partial charge >= 0.3 is 12.0 Å². The smallest absolute Gasteiger partial charge is 0.321 e. The summed E-state index contributed by atoms with van der Waals surface area (Å²) >= 11 is 0. The molecule has 2 N–H and O–H groups in total. The van der Waals surface area contributed by atoms with Crippen molar-refractivity contribution in [2.75, 3.05) is 32.3 Å². The van der Waals surface area contributed by atoms with E-state index in [0.717, 1.165) is 11.1 Å². The number of nitrogens with one attached hydrogen (secondary N) is 1. The average molecular weight is 475 g/mol. The Morgan fingerprint density at radius 1 is 0.914 bits per heavy atom. The molecular weight excluding hydrogens is 448 g/mol. The fraction of sp³-hybridized carbons (Fsp3) is 0.259. The third kappa shape index (κ3) is 4.59. The molecule has 2 aliphatic heterocycles. The van der Waals surface area contributed by atoms with Crippen LogP contribution in [0.3, 0.4) is 0 Å². The number of piperidine rings is 1. The molecule has 3 aromatic carbocycles. The molecule has 8 heteroatoms. The number of ether oxygens (including phenoxy) is 3. The van der Waals surface area contributed by atoms with Crippen LogP contribution in [0.25, 0.3) is 0 Å². The summed E-state index contributed by atoms with van der Waals surface area (Å²) in [7, 11) is 1.58. The monoisotopic (exact) mass is 474 g/mol. The number of nitrogens with zero attached hydrogens (tertiary/aromatic N) is 1. The van der Waals surface area contributed by atoms with Crippen LogP contribution >= 0.6 is 0 Å². The van der Waals surface area contributed by atoms with E-state index in [9.17, 15) is 14.7 Å². The molecule has 180 valence electrons. The molecule has 0 radical (unpaired) electrons. The van der Waals surface area contributed by atoms with Crippen LogP contribution in [0.2, 0.25) is 0 Å². The maximum absolute atomic E-state index is 13.3. The molecule has 1 saturated heterocycles. The van der Waals surface area contributed by atoms with E-state index in [1.807, 2.05) is 66.7 Å². The Bertz CT molecular complexity index is 1210. The molecule has 0 bridgehead atoms. The lowest BCUT2D eigenvalue weighted by Crippen LogP contribution is -2.50. The van der Waals surface area contributed by atoms with Gasteiger partial charge < -0.3 is 29.5 Å². The first-order chi connectivity index (χ1) is 17.0. The van der Waals surface area contributed by atoms with E-state index >= 15 is 0 Å². The van der Waals surface area contributed by atoms with Crippen molar-refractivity contribution in [3.05, 3.63) is 83.9 Å². The number of hydrogen-bond donors (Lipinski definition) is 2. The zero-order valence-electron chi connectivity index (χ0n) is 19.2. The van der Waals surface area contributed by atoms with Crippen LogP contribution in [0, 0.1) is 5.92 Å². The van der Waals surface area contributed by atoms with Crippen LogP contribution in [0.15, 0.2) is 72.8 Å². The Balaban J connectivity index is 1.52. The Hall–Kier alpha value is -4.20. The van der Waals surface area contributed by atoms with Crippen molar-refractivity contribution in [2.45, 2.75) is 11.8 Å². The lowest BCUT2D eigenvalue weighted by Gasteiger charge is -2.42. The molecule has 8 nitrogen and oxygen atoms in total. The highest BCUT2D eigenvalue weighted by Crippen LogP contribution is 2.44. The van der Waals surface area contributed by atoms with Gasteiger partial charge in [-0.05, 0) is 47.5 Å². The highest BCUT2D eigenvalue weighted by molar-refractivity contribution is 5.89. The second kappa shape index (κ2) is 9.58. The van der Waals surface area contributed by atoms with Crippen LogP contribution in [0.4, 0.5) is 10.5 Å². The normalized spacial score (nSPS) is 20.8. The molecule has 2 heterocycles. The predicted molar refractivity (Wildman–Crippen MR) is 129 cm³/mol. The topological polar surface area (TPSA) is 97.3 Å². The molecule has 35 heavy (non-hydrogen) atoms. The summed E-state index contributed by atoms with van der Waals surface area (Å²) in [5.74, 6) is -0.641. The number of hydrogen-bond acceptors (Lipinski definition) is 5. The van der Waals surface area contributed by atoms with Crippen LogP contribution in [-0.2, 0) is 4.79 Å². The van der Waals surface area contributed by atoms with Gasteiger partial charge in [-0.15, -0.1) is 0 Å². The fourth-order valence-corrected chi connectivity index (χ4v) is 4.91. The minimum atomic E-state index is -0.906. The van der Waals surface area contributed by atoms with Gasteiger partial charge in [0, 0.05) is 30.6 Å². The van der Waals surface area contributed by atoms with Gasteiger partial charge in [-0.1, -0.05) is 36.4 Å². The molecule has 2 aliphatic rings. The van der Waals surface area contributed by atoms with Gasteiger partial charge in [-0.3, -0.25) is 4.79 Å². The van der Waals surface area contributed by atoms with Crippen LogP contribution < -0.4 is 19.5 Å². The lowest BCUT2D eigenvalue weighted by atomic mass is 9.71. The van der Waals surface area contributed by atoms with Crippen molar-refractivity contribution < 1.29 is 28.9 Å². The number of para-hydroxylation sites is 1. The Morgan fingerprint density at radius 3 is 2.26 bits per heavy atom. The van der Waals surface area contributed by atoms with E-state index in [1.54, 1.807) is 18.1 Å². The van der Waals surface area contributed by atoms with Gasteiger partial charge in [-0.25, -0.2) is 4.79 Å². The fourth-order valence-electron chi connectivity index (χ4n) is 4.91. The summed E-state index contributed by atoms with van der Waals surface area (Å²) in [6.45, 7) is 0.650. The number of anilines is 1. The van der Waals surface area contributed by atoms with Crippen LogP contribution in [0.5, 0.6) is 17.2 Å². The van der Waals surface area contributed by atoms with E-state index < -0.39 is 23.7 Å². The number of urea groups is 1. The number of carboxylic acids is 1. The Morgan fingerprint density at radius 2 is 1.57 bits per heavy atom. The maximum atomic E-state index is 13.3. The van der Waals surface area contributed by atoms with Crippen molar-refractivity contribution in [3.63, 3.8) is 0 Å². The standard InChI is InChI=1S/C27H26N2O6/c1-33-20-10-7-17(8-11-20)21-14-29(27(32)28-19-5-3-2-4-6-19)15-22(25(21)26(30)31)18-9-12-23-24(13-18)35-16-34-23/h2-13,21-22,25H,14-16H2,1H3,(H,28,32)(H,30,31)/t21-,22?,25-/m1/s1. The van der Waals surface area contributed by atoms with Gasteiger partial charge in [0.05, 0.1) is 13.0 Å². The molecule has 0 saturated carbocycles. The van der Waals surface area contributed by atoms with E-state index in [2.05, 4.69) is 5.32 Å². The highest BCUT2D eigenvalue weighted by atomic mass is 16.7. The second-order valence-corrected chi connectivity index (χ2v) is 8.66. The molecule has 0 aromatic heterocycles. The molecule has 3 aromatic rings. The van der Waals surface area contributed by atoms with Crippen LogP contribution in [0.1, 0.15) is 23.0 Å². The quantitative estimate of drug-likeness (QED) is 0.564. The van der Waals surface area contributed by atoms with E-state index in [4.69, 9.17) is 14.2 Å². The first-order valence-electron chi connectivity index (χ1n) is 11.4. The van der Waals surface area contributed by atoms with E-state index in [1.165, 1.54) is 0 Å². The summed E-state index contributed by atoms with van der Waals surface area (Å²) < 4.78 is 16.2. The Kier molecular flexibility index (Phi) is 6.18. The molecular formula is C27H26N2O6. The molecule has 5 rings (SSSR count). The minimum absolute atomic E-state index is 0.131. The molecule has 0 spiro atoms. The number of carbonyl (C=O) groups is 2. The zero-order valence-corrected chi connectivity index (χ0v) is 19.2. The average Bonchev–Trinajstić information content (AvgIpc) is 3.36. The number of carboxylic acid groups (broad SMARTS) is 1. The number of fused-ring (bicyclic) bond motifs is 1. The third-order valence-electron chi connectivity index (χ3n) is 6.67. The van der Waals surface area contributed by atoms with Gasteiger partial charge in [0.25, 0.3) is 0 Å². The first-order valence-corrected chi connectivity index (χ1v) is 11.4. The molecule has 1 unspecified atom stereocenters. The largest absolute Gasteiger partial charge is 0.497 e. The van der Waals surface area contributed by atoms with Gasteiger partial charge in [-0.2, -0.15) is 0 Å². The predicted octanol–water partition coefficient (Wildman–Crippen LogP) is 4.54. The summed E-state index contributed by atoms with van der Waals surface area (Å²) in [6.07, 6.45) is 0. The maximum Gasteiger partial charge on any atom is 0.321 e. The number of carbonyl (C=O) groups excluding carboxylic acids is 1. The zero-order chi connectivity index (χ0) is 24.4. The molecule has 1 fully saturated rings.